The molecule has 0 aliphatic heterocycles. The summed E-state index contributed by atoms with van der Waals surface area (Å²) in [7, 11) is 0. The lowest BCUT2D eigenvalue weighted by Gasteiger charge is -2.19. The van der Waals surface area contributed by atoms with E-state index in [1.54, 1.807) is 0 Å². The number of aliphatic hydroxyl groups excluding tert-OH is 1. The van der Waals surface area contributed by atoms with E-state index < -0.39 is 10.7 Å². The van der Waals surface area contributed by atoms with Gasteiger partial charge < -0.3 is 10.4 Å². The Labute approximate surface area is 105 Å². The summed E-state index contributed by atoms with van der Waals surface area (Å²) in [5.74, 6) is -0.331. The molecule has 0 aliphatic carbocycles. The van der Waals surface area contributed by atoms with Gasteiger partial charge in [-0.05, 0) is 18.4 Å². The van der Waals surface area contributed by atoms with E-state index in [0.29, 0.717) is 12.3 Å². The number of non-ortho nitro benzene ring substituents is 1. The van der Waals surface area contributed by atoms with Crippen molar-refractivity contribution >= 4 is 11.4 Å². The van der Waals surface area contributed by atoms with Crippen molar-refractivity contribution in [2.75, 3.05) is 11.9 Å². The molecule has 6 heteroatoms. The van der Waals surface area contributed by atoms with Crippen LogP contribution in [0.3, 0.4) is 0 Å². The summed E-state index contributed by atoms with van der Waals surface area (Å²) in [4.78, 5) is 9.82. The van der Waals surface area contributed by atoms with E-state index in [4.69, 9.17) is 0 Å². The molecule has 2 N–H and O–H groups in total. The molecule has 0 spiro atoms. The fraction of sp³-hybridized carbons (Fsp3) is 0.500. The largest absolute Gasteiger partial charge is 0.394 e. The first-order valence-electron chi connectivity index (χ1n) is 5.75. The molecule has 18 heavy (non-hydrogen) atoms. The first-order chi connectivity index (χ1) is 8.43. The molecular formula is C12H17FN2O3. The van der Waals surface area contributed by atoms with Crippen molar-refractivity contribution in [2.45, 2.75) is 26.3 Å². The van der Waals surface area contributed by atoms with Gasteiger partial charge in [0.15, 0.2) is 5.82 Å². The Morgan fingerprint density at radius 1 is 1.50 bits per heavy atom. The molecule has 1 rings (SSSR count). The van der Waals surface area contributed by atoms with Gasteiger partial charge in [0.25, 0.3) is 5.69 Å². The van der Waals surface area contributed by atoms with E-state index >= 15 is 0 Å². The highest BCUT2D eigenvalue weighted by molar-refractivity contribution is 5.50. The van der Waals surface area contributed by atoms with Crippen LogP contribution in [0.4, 0.5) is 15.8 Å². The van der Waals surface area contributed by atoms with Crippen molar-refractivity contribution in [2.24, 2.45) is 5.92 Å². The zero-order valence-corrected chi connectivity index (χ0v) is 10.4. The second-order valence-corrected chi connectivity index (χ2v) is 4.57. The molecule has 0 radical (unpaired) electrons. The van der Waals surface area contributed by atoms with Crippen molar-refractivity contribution in [3.63, 3.8) is 0 Å². The first kappa shape index (κ1) is 14.4. The molecule has 0 fully saturated rings. The van der Waals surface area contributed by atoms with Gasteiger partial charge in [0.05, 0.1) is 23.3 Å². The van der Waals surface area contributed by atoms with Crippen molar-refractivity contribution in [3.05, 3.63) is 34.1 Å². The van der Waals surface area contributed by atoms with Crippen molar-refractivity contribution in [3.8, 4) is 0 Å². The smallest absolute Gasteiger partial charge is 0.272 e. The second kappa shape index (κ2) is 6.30. The highest BCUT2D eigenvalue weighted by atomic mass is 19.1. The van der Waals surface area contributed by atoms with Crippen LogP contribution in [0.15, 0.2) is 18.2 Å². The van der Waals surface area contributed by atoms with Crippen LogP contribution in [0.2, 0.25) is 0 Å². The standard InChI is InChI=1S/C12H17FN2O3/c1-8(2)5-9(7-16)14-12-4-3-10(15(17)18)6-11(12)13/h3-4,6,8-9,14,16H,5,7H2,1-2H3. The Balaban J connectivity index is 2.80. The third-order valence-electron chi connectivity index (χ3n) is 2.50. The summed E-state index contributed by atoms with van der Waals surface area (Å²) in [6.07, 6.45) is 0.687. The van der Waals surface area contributed by atoms with Crippen molar-refractivity contribution in [1.82, 2.24) is 0 Å². The second-order valence-electron chi connectivity index (χ2n) is 4.57. The van der Waals surface area contributed by atoms with Gasteiger partial charge in [0.2, 0.25) is 0 Å². The molecule has 0 amide bonds. The van der Waals surface area contributed by atoms with E-state index in [0.717, 1.165) is 6.07 Å². The molecule has 1 aromatic carbocycles. The van der Waals surface area contributed by atoms with E-state index in [1.165, 1.54) is 12.1 Å². The van der Waals surface area contributed by atoms with Gasteiger partial charge in [-0.2, -0.15) is 0 Å². The summed E-state index contributed by atoms with van der Waals surface area (Å²) in [6, 6.07) is 3.15. The van der Waals surface area contributed by atoms with E-state index in [-0.39, 0.29) is 24.0 Å². The minimum absolute atomic E-state index is 0.116. The quantitative estimate of drug-likeness (QED) is 0.606. The third-order valence-corrected chi connectivity index (χ3v) is 2.50. The number of nitro benzene ring substituents is 1. The summed E-state index contributed by atoms with van der Waals surface area (Å²) >= 11 is 0. The summed E-state index contributed by atoms with van der Waals surface area (Å²) < 4.78 is 13.6. The van der Waals surface area contributed by atoms with E-state index in [1.807, 2.05) is 13.8 Å². The van der Waals surface area contributed by atoms with Crippen LogP contribution in [0.25, 0.3) is 0 Å². The average molecular weight is 256 g/mol. The minimum Gasteiger partial charge on any atom is -0.394 e. The summed E-state index contributed by atoms with van der Waals surface area (Å²) in [6.45, 7) is 3.88. The van der Waals surface area contributed by atoms with Crippen LogP contribution in [0, 0.1) is 21.8 Å². The van der Waals surface area contributed by atoms with E-state index in [9.17, 15) is 19.6 Å². The highest BCUT2D eigenvalue weighted by Crippen LogP contribution is 2.22. The fourth-order valence-electron chi connectivity index (χ4n) is 1.70. The lowest BCUT2D eigenvalue weighted by molar-refractivity contribution is -0.385. The van der Waals surface area contributed by atoms with Gasteiger partial charge >= 0.3 is 0 Å². The van der Waals surface area contributed by atoms with E-state index in [2.05, 4.69) is 5.32 Å². The molecular weight excluding hydrogens is 239 g/mol. The number of nitrogens with one attached hydrogen (secondary N) is 1. The van der Waals surface area contributed by atoms with Crippen LogP contribution in [-0.4, -0.2) is 22.7 Å². The fourth-order valence-corrected chi connectivity index (χ4v) is 1.70. The number of nitro groups is 1. The number of halogens is 1. The predicted molar refractivity (Wildman–Crippen MR) is 67.0 cm³/mol. The lowest BCUT2D eigenvalue weighted by atomic mass is 10.0. The Hall–Kier alpha value is -1.69. The van der Waals surface area contributed by atoms with Crippen LogP contribution in [0.5, 0.6) is 0 Å². The Morgan fingerprint density at radius 2 is 2.17 bits per heavy atom. The zero-order chi connectivity index (χ0) is 13.7. The maximum absolute atomic E-state index is 13.6. The average Bonchev–Trinajstić information content (AvgIpc) is 2.29. The number of nitrogens with zero attached hydrogens (tertiary/aromatic N) is 1. The molecule has 0 aromatic heterocycles. The zero-order valence-electron chi connectivity index (χ0n) is 10.4. The molecule has 0 saturated carbocycles. The van der Waals surface area contributed by atoms with Gasteiger partial charge in [-0.1, -0.05) is 13.8 Å². The topological polar surface area (TPSA) is 75.4 Å². The van der Waals surface area contributed by atoms with Crippen LogP contribution in [-0.2, 0) is 0 Å². The molecule has 1 aromatic rings. The van der Waals surface area contributed by atoms with Crippen molar-refractivity contribution < 1.29 is 14.4 Å². The number of hydrogen-bond acceptors (Lipinski definition) is 4. The minimum atomic E-state index is -0.689. The molecule has 100 valence electrons. The van der Waals surface area contributed by atoms with Crippen LogP contribution < -0.4 is 5.32 Å². The van der Waals surface area contributed by atoms with Gasteiger partial charge in [-0.15, -0.1) is 0 Å². The monoisotopic (exact) mass is 256 g/mol. The number of benzene rings is 1. The molecule has 0 saturated heterocycles. The lowest BCUT2D eigenvalue weighted by Crippen LogP contribution is -2.26. The number of rotatable bonds is 6. The molecule has 5 nitrogen and oxygen atoms in total. The maximum Gasteiger partial charge on any atom is 0.272 e. The number of aliphatic hydroxyl groups is 1. The van der Waals surface area contributed by atoms with Crippen LogP contribution >= 0.6 is 0 Å². The third kappa shape index (κ3) is 3.96. The van der Waals surface area contributed by atoms with Gasteiger partial charge in [0.1, 0.15) is 0 Å². The molecule has 0 heterocycles. The predicted octanol–water partition coefficient (Wildman–Crippen LogP) is 2.55. The first-order valence-corrected chi connectivity index (χ1v) is 5.75. The Kier molecular flexibility index (Phi) is 5.03. The number of hydrogen-bond donors (Lipinski definition) is 2. The van der Waals surface area contributed by atoms with Gasteiger partial charge in [0, 0.05) is 12.1 Å². The summed E-state index contributed by atoms with van der Waals surface area (Å²) in [5, 5.41) is 22.5. The SMILES string of the molecule is CC(C)CC(CO)Nc1ccc([N+](=O)[O-])cc1F. The maximum atomic E-state index is 13.6. The Morgan fingerprint density at radius 3 is 2.61 bits per heavy atom. The molecule has 1 unspecified atom stereocenters. The molecule has 0 aliphatic rings. The molecule has 1 atom stereocenters. The highest BCUT2D eigenvalue weighted by Gasteiger charge is 2.14. The number of anilines is 1. The Bertz CT molecular complexity index is 424. The summed E-state index contributed by atoms with van der Waals surface area (Å²) in [5.41, 5.74) is -0.122. The van der Waals surface area contributed by atoms with Gasteiger partial charge in [-0.25, -0.2) is 4.39 Å². The van der Waals surface area contributed by atoms with Crippen LogP contribution in [0.1, 0.15) is 20.3 Å². The van der Waals surface area contributed by atoms with Crippen molar-refractivity contribution in [1.29, 1.82) is 0 Å². The molecule has 0 bridgehead atoms. The van der Waals surface area contributed by atoms with Gasteiger partial charge in [-0.3, -0.25) is 10.1 Å². The normalized spacial score (nSPS) is 12.5.